The highest BCUT2D eigenvalue weighted by atomic mass is 16.5. The van der Waals surface area contributed by atoms with Crippen molar-refractivity contribution < 1.29 is 9.32 Å². The molecule has 0 spiro atoms. The summed E-state index contributed by atoms with van der Waals surface area (Å²) in [6.07, 6.45) is 1.28. The lowest BCUT2D eigenvalue weighted by atomic mass is 10.1. The van der Waals surface area contributed by atoms with E-state index in [1.807, 2.05) is 0 Å². The molecule has 1 atom stereocenters. The fourth-order valence-electron chi connectivity index (χ4n) is 2.55. The summed E-state index contributed by atoms with van der Waals surface area (Å²) >= 11 is 0. The van der Waals surface area contributed by atoms with Gasteiger partial charge in [0.15, 0.2) is 5.82 Å². The number of carbonyl (C=O) groups is 1. The van der Waals surface area contributed by atoms with Gasteiger partial charge in [0.05, 0.1) is 12.5 Å². The number of amides is 1. The van der Waals surface area contributed by atoms with E-state index in [1.54, 1.807) is 0 Å². The largest absolute Gasteiger partial charge is 0.353 e. The number of nitrogens with one attached hydrogen (secondary N) is 1. The topological polar surface area (TPSA) is 71.3 Å². The van der Waals surface area contributed by atoms with E-state index in [0.29, 0.717) is 30.8 Å². The van der Waals surface area contributed by atoms with E-state index < -0.39 is 0 Å². The Kier molecular flexibility index (Phi) is 4.75. The van der Waals surface area contributed by atoms with Crippen molar-refractivity contribution >= 4 is 5.91 Å². The van der Waals surface area contributed by atoms with E-state index in [1.165, 1.54) is 0 Å². The van der Waals surface area contributed by atoms with Crippen LogP contribution in [0.3, 0.4) is 0 Å². The van der Waals surface area contributed by atoms with Gasteiger partial charge in [0.25, 0.3) is 0 Å². The van der Waals surface area contributed by atoms with Gasteiger partial charge in [-0.25, -0.2) is 0 Å². The van der Waals surface area contributed by atoms with Gasteiger partial charge in [-0.1, -0.05) is 19.0 Å². The van der Waals surface area contributed by atoms with Crippen molar-refractivity contribution in [3.8, 4) is 0 Å². The Morgan fingerprint density at radius 1 is 1.40 bits per heavy atom. The molecule has 0 aliphatic carbocycles. The summed E-state index contributed by atoms with van der Waals surface area (Å²) in [4.78, 5) is 18.6. The Bertz CT molecular complexity index is 456. The number of rotatable bonds is 5. The summed E-state index contributed by atoms with van der Waals surface area (Å²) in [5.41, 5.74) is 0. The molecule has 1 saturated heterocycles. The van der Waals surface area contributed by atoms with E-state index in [0.717, 1.165) is 18.8 Å². The summed E-state index contributed by atoms with van der Waals surface area (Å²) in [6, 6.07) is 0.111. The zero-order chi connectivity index (χ0) is 14.7. The molecule has 1 unspecified atom stereocenters. The minimum absolute atomic E-state index is 0.0496. The van der Waals surface area contributed by atoms with E-state index in [4.69, 9.17) is 4.52 Å². The molecule has 0 saturated carbocycles. The molecule has 1 N–H and O–H groups in total. The number of carbonyl (C=O) groups excluding carboxylic acids is 1. The van der Waals surface area contributed by atoms with Crippen LogP contribution in [0.1, 0.15) is 39.4 Å². The zero-order valence-corrected chi connectivity index (χ0v) is 12.7. The first kappa shape index (κ1) is 15.0. The lowest BCUT2D eigenvalue weighted by molar-refractivity contribution is -0.130. The molecule has 1 aromatic heterocycles. The molecule has 0 aromatic carbocycles. The van der Waals surface area contributed by atoms with Crippen molar-refractivity contribution in [2.45, 2.75) is 52.6 Å². The Morgan fingerprint density at radius 2 is 2.15 bits per heavy atom. The van der Waals surface area contributed by atoms with E-state index in [2.05, 4.69) is 48.1 Å². The summed E-state index contributed by atoms with van der Waals surface area (Å²) in [5, 5.41) is 6.89. The Hall–Kier alpha value is -1.43. The van der Waals surface area contributed by atoms with E-state index >= 15 is 0 Å². The van der Waals surface area contributed by atoms with Gasteiger partial charge in [-0.15, -0.1) is 0 Å². The van der Waals surface area contributed by atoms with Crippen molar-refractivity contribution in [1.82, 2.24) is 20.4 Å². The molecule has 6 nitrogen and oxygen atoms in total. The second kappa shape index (κ2) is 6.35. The van der Waals surface area contributed by atoms with Crippen molar-refractivity contribution in [3.05, 3.63) is 11.7 Å². The molecular formula is C14H24N4O2. The maximum absolute atomic E-state index is 12.1. The van der Waals surface area contributed by atoms with Crippen LogP contribution in [0.2, 0.25) is 0 Å². The van der Waals surface area contributed by atoms with Crippen LogP contribution in [0.15, 0.2) is 4.52 Å². The SMILES string of the molecule is CC(C)Cc1noc(CC2C(=O)NCCN2C(C)C)n1. The highest BCUT2D eigenvalue weighted by Crippen LogP contribution is 2.14. The summed E-state index contributed by atoms with van der Waals surface area (Å²) in [7, 11) is 0. The molecule has 112 valence electrons. The van der Waals surface area contributed by atoms with Crippen LogP contribution in [0.4, 0.5) is 0 Å². The van der Waals surface area contributed by atoms with Gasteiger partial charge < -0.3 is 9.84 Å². The average Bonchev–Trinajstić information content (AvgIpc) is 2.78. The van der Waals surface area contributed by atoms with Crippen molar-refractivity contribution in [3.63, 3.8) is 0 Å². The first-order chi connectivity index (χ1) is 9.47. The molecule has 1 aromatic rings. The van der Waals surface area contributed by atoms with Crippen LogP contribution < -0.4 is 5.32 Å². The normalized spacial score (nSPS) is 20.7. The molecule has 1 fully saturated rings. The second-order valence-electron chi connectivity index (χ2n) is 6.04. The van der Waals surface area contributed by atoms with Gasteiger partial charge in [-0.3, -0.25) is 9.69 Å². The van der Waals surface area contributed by atoms with Crippen molar-refractivity contribution in [2.75, 3.05) is 13.1 Å². The van der Waals surface area contributed by atoms with Crippen molar-refractivity contribution in [2.24, 2.45) is 5.92 Å². The molecule has 0 radical (unpaired) electrons. The number of piperazine rings is 1. The number of aromatic nitrogens is 2. The molecule has 0 bridgehead atoms. The van der Waals surface area contributed by atoms with E-state index in [9.17, 15) is 4.79 Å². The summed E-state index contributed by atoms with van der Waals surface area (Å²) in [5.74, 6) is 1.81. The minimum Gasteiger partial charge on any atom is -0.353 e. The zero-order valence-electron chi connectivity index (χ0n) is 12.7. The predicted octanol–water partition coefficient (Wildman–Crippen LogP) is 1.02. The van der Waals surface area contributed by atoms with E-state index in [-0.39, 0.29) is 11.9 Å². The van der Waals surface area contributed by atoms with Gasteiger partial charge in [0.2, 0.25) is 11.8 Å². The van der Waals surface area contributed by atoms with Gasteiger partial charge in [-0.2, -0.15) is 4.98 Å². The molecule has 20 heavy (non-hydrogen) atoms. The second-order valence-corrected chi connectivity index (χ2v) is 6.04. The highest BCUT2D eigenvalue weighted by Gasteiger charge is 2.32. The number of hydrogen-bond donors (Lipinski definition) is 1. The van der Waals surface area contributed by atoms with Crippen LogP contribution in [-0.4, -0.2) is 46.1 Å². The van der Waals surface area contributed by atoms with Crippen LogP contribution in [0.25, 0.3) is 0 Å². The van der Waals surface area contributed by atoms with Crippen LogP contribution in [-0.2, 0) is 17.6 Å². The fraction of sp³-hybridized carbons (Fsp3) is 0.786. The summed E-state index contributed by atoms with van der Waals surface area (Å²) < 4.78 is 5.28. The lowest BCUT2D eigenvalue weighted by Gasteiger charge is -2.37. The number of hydrogen-bond acceptors (Lipinski definition) is 5. The molecule has 2 rings (SSSR count). The van der Waals surface area contributed by atoms with Gasteiger partial charge >= 0.3 is 0 Å². The fourth-order valence-corrected chi connectivity index (χ4v) is 2.55. The Balaban J connectivity index is 2.06. The third-order valence-corrected chi connectivity index (χ3v) is 3.50. The minimum atomic E-state index is -0.212. The monoisotopic (exact) mass is 280 g/mol. The van der Waals surface area contributed by atoms with Crippen LogP contribution >= 0.6 is 0 Å². The average molecular weight is 280 g/mol. The first-order valence-corrected chi connectivity index (χ1v) is 7.32. The number of nitrogens with zero attached hydrogens (tertiary/aromatic N) is 3. The highest BCUT2D eigenvalue weighted by molar-refractivity contribution is 5.82. The Labute approximate surface area is 119 Å². The molecule has 1 aliphatic heterocycles. The molecular weight excluding hydrogens is 256 g/mol. The van der Waals surface area contributed by atoms with Crippen LogP contribution in [0.5, 0.6) is 0 Å². The molecule has 6 heteroatoms. The van der Waals surface area contributed by atoms with Crippen molar-refractivity contribution in [1.29, 1.82) is 0 Å². The van der Waals surface area contributed by atoms with Crippen LogP contribution in [0, 0.1) is 5.92 Å². The van der Waals surface area contributed by atoms with Gasteiger partial charge in [-0.05, 0) is 19.8 Å². The summed E-state index contributed by atoms with van der Waals surface area (Å²) in [6.45, 7) is 10.0. The molecule has 1 aliphatic rings. The quantitative estimate of drug-likeness (QED) is 0.872. The third-order valence-electron chi connectivity index (χ3n) is 3.50. The standard InChI is InChI=1S/C14H24N4O2/c1-9(2)7-12-16-13(20-17-12)8-11-14(19)15-5-6-18(11)10(3)4/h9-11H,5-8H2,1-4H3,(H,15,19). The lowest BCUT2D eigenvalue weighted by Crippen LogP contribution is -2.58. The predicted molar refractivity (Wildman–Crippen MR) is 75.2 cm³/mol. The smallest absolute Gasteiger partial charge is 0.237 e. The maximum Gasteiger partial charge on any atom is 0.237 e. The first-order valence-electron chi connectivity index (χ1n) is 7.32. The Morgan fingerprint density at radius 3 is 2.80 bits per heavy atom. The molecule has 1 amide bonds. The third kappa shape index (κ3) is 3.56. The van der Waals surface area contributed by atoms with Gasteiger partial charge in [0.1, 0.15) is 0 Å². The maximum atomic E-state index is 12.1. The molecule has 2 heterocycles. The van der Waals surface area contributed by atoms with Gasteiger partial charge in [0, 0.05) is 25.6 Å².